The van der Waals surface area contributed by atoms with Crippen molar-refractivity contribution in [1.29, 1.82) is 0 Å². The highest BCUT2D eigenvalue weighted by Gasteiger charge is 2.26. The molecule has 0 unspecified atom stereocenters. The van der Waals surface area contributed by atoms with Crippen LogP contribution >= 0.6 is 23.2 Å². The van der Waals surface area contributed by atoms with Crippen LogP contribution in [0.1, 0.15) is 61.1 Å². The van der Waals surface area contributed by atoms with Crippen molar-refractivity contribution in [3.8, 4) is 0 Å². The fourth-order valence-electron chi connectivity index (χ4n) is 5.49. The van der Waals surface area contributed by atoms with Crippen molar-refractivity contribution in [2.75, 3.05) is 23.7 Å². The minimum absolute atomic E-state index is 0.180. The van der Waals surface area contributed by atoms with Crippen molar-refractivity contribution in [2.24, 2.45) is 0 Å². The predicted octanol–water partition coefficient (Wildman–Crippen LogP) is 6.93. The van der Waals surface area contributed by atoms with E-state index in [0.29, 0.717) is 28.0 Å². The number of aryl methyl sites for hydroxylation is 1. The molecule has 1 saturated heterocycles. The number of halogens is 2. The van der Waals surface area contributed by atoms with Gasteiger partial charge < -0.3 is 15.7 Å². The average Bonchev–Trinajstić information content (AvgIpc) is 2.86. The first-order valence-electron chi connectivity index (χ1n) is 13.2. The molecule has 5 rings (SSSR count). The number of benzene rings is 2. The Kier molecular flexibility index (Phi) is 8.50. The quantitative estimate of drug-likeness (QED) is 0.302. The van der Waals surface area contributed by atoms with Crippen molar-refractivity contribution in [2.45, 2.75) is 70.1 Å². The van der Waals surface area contributed by atoms with Crippen LogP contribution in [0.4, 0.5) is 17.5 Å². The number of piperidine rings is 1. The summed E-state index contributed by atoms with van der Waals surface area (Å²) < 4.78 is 0. The summed E-state index contributed by atoms with van der Waals surface area (Å²) in [6.45, 7) is 4.91. The van der Waals surface area contributed by atoms with Crippen LogP contribution in [0.2, 0.25) is 10.0 Å². The second kappa shape index (κ2) is 12.0. The van der Waals surface area contributed by atoms with E-state index >= 15 is 0 Å². The van der Waals surface area contributed by atoms with Gasteiger partial charge in [-0.25, -0.2) is 4.98 Å². The van der Waals surface area contributed by atoms with Gasteiger partial charge in [0, 0.05) is 40.1 Å². The molecule has 2 fully saturated rings. The number of nitrogens with zero attached hydrogens (tertiary/aromatic N) is 3. The lowest BCUT2D eigenvalue weighted by Gasteiger charge is -2.33. The Morgan fingerprint density at radius 1 is 0.973 bits per heavy atom. The van der Waals surface area contributed by atoms with E-state index in [0.717, 1.165) is 75.2 Å². The number of aromatic nitrogens is 2. The van der Waals surface area contributed by atoms with E-state index < -0.39 is 0 Å². The second-order valence-electron chi connectivity index (χ2n) is 10.5. The lowest BCUT2D eigenvalue weighted by molar-refractivity contribution is 0.126. The van der Waals surface area contributed by atoms with E-state index in [-0.39, 0.29) is 6.10 Å². The first-order chi connectivity index (χ1) is 17.9. The molecular formula is C29H35Cl2N5O. The maximum absolute atomic E-state index is 9.96. The predicted molar refractivity (Wildman–Crippen MR) is 152 cm³/mol. The maximum Gasteiger partial charge on any atom is 0.229 e. The minimum atomic E-state index is -0.180. The number of likely N-dealkylation sites (tertiary alicyclic amines) is 1. The molecule has 196 valence electrons. The van der Waals surface area contributed by atoms with E-state index in [1.54, 1.807) is 6.07 Å². The summed E-state index contributed by atoms with van der Waals surface area (Å²) in [6, 6.07) is 14.3. The zero-order valence-electron chi connectivity index (χ0n) is 21.3. The number of rotatable bonds is 7. The van der Waals surface area contributed by atoms with Crippen LogP contribution in [0.3, 0.4) is 0 Å². The van der Waals surface area contributed by atoms with Gasteiger partial charge in [-0.15, -0.1) is 0 Å². The van der Waals surface area contributed by atoms with Crippen molar-refractivity contribution in [3.05, 3.63) is 75.4 Å². The molecule has 3 N–H and O–H groups in total. The summed E-state index contributed by atoms with van der Waals surface area (Å²) in [5.74, 6) is 1.92. The number of nitrogens with one attached hydrogen (secondary N) is 2. The van der Waals surface area contributed by atoms with Crippen molar-refractivity contribution < 1.29 is 5.11 Å². The van der Waals surface area contributed by atoms with Gasteiger partial charge >= 0.3 is 0 Å². The summed E-state index contributed by atoms with van der Waals surface area (Å²) in [5.41, 5.74) is 4.50. The molecule has 3 aromatic rings. The summed E-state index contributed by atoms with van der Waals surface area (Å²) in [5, 5.41) is 18.4. The average molecular weight is 541 g/mol. The van der Waals surface area contributed by atoms with Crippen LogP contribution in [0.5, 0.6) is 0 Å². The highest BCUT2D eigenvalue weighted by Crippen LogP contribution is 2.35. The first kappa shape index (κ1) is 26.2. The maximum atomic E-state index is 9.96. The molecule has 1 saturated carbocycles. The third-order valence-electron chi connectivity index (χ3n) is 7.48. The molecule has 0 radical (unpaired) electrons. The highest BCUT2D eigenvalue weighted by atomic mass is 35.5. The van der Waals surface area contributed by atoms with Gasteiger partial charge in [-0.2, -0.15) is 4.98 Å². The van der Waals surface area contributed by atoms with Gasteiger partial charge in [-0.3, -0.25) is 4.90 Å². The zero-order chi connectivity index (χ0) is 25.8. The Morgan fingerprint density at radius 2 is 1.70 bits per heavy atom. The van der Waals surface area contributed by atoms with Crippen LogP contribution in [-0.4, -0.2) is 45.2 Å². The van der Waals surface area contributed by atoms with E-state index in [9.17, 15) is 5.11 Å². The lowest BCUT2D eigenvalue weighted by atomic mass is 9.89. The molecule has 6 nitrogen and oxygen atoms in total. The molecule has 0 spiro atoms. The summed E-state index contributed by atoms with van der Waals surface area (Å²) in [6.07, 6.45) is 7.47. The first-order valence-corrected chi connectivity index (χ1v) is 14.0. The largest absolute Gasteiger partial charge is 0.393 e. The molecule has 2 aliphatic rings. The molecule has 0 bridgehead atoms. The van der Waals surface area contributed by atoms with Gasteiger partial charge in [-0.1, -0.05) is 35.3 Å². The van der Waals surface area contributed by atoms with Gasteiger partial charge in [-0.05, 0) is 106 Å². The molecule has 1 aliphatic carbocycles. The normalized spacial score (nSPS) is 21.1. The number of aliphatic hydroxyl groups is 1. The molecule has 2 heterocycles. The molecule has 37 heavy (non-hydrogen) atoms. The van der Waals surface area contributed by atoms with E-state index in [1.807, 2.05) is 30.5 Å². The van der Waals surface area contributed by atoms with Crippen LogP contribution in [-0.2, 0) is 6.54 Å². The van der Waals surface area contributed by atoms with E-state index in [4.69, 9.17) is 33.2 Å². The fraction of sp³-hybridized carbons (Fsp3) is 0.448. The van der Waals surface area contributed by atoms with Crippen molar-refractivity contribution in [1.82, 2.24) is 14.9 Å². The van der Waals surface area contributed by atoms with E-state index in [1.165, 1.54) is 11.1 Å². The third-order valence-corrected chi connectivity index (χ3v) is 7.92. The molecule has 0 amide bonds. The van der Waals surface area contributed by atoms with Crippen molar-refractivity contribution >= 4 is 40.7 Å². The Labute approximate surface area is 229 Å². The number of hydrogen-bond acceptors (Lipinski definition) is 6. The smallest absolute Gasteiger partial charge is 0.229 e. The van der Waals surface area contributed by atoms with Gasteiger partial charge in [0.15, 0.2) is 0 Å². The molecular weight excluding hydrogens is 505 g/mol. The van der Waals surface area contributed by atoms with Gasteiger partial charge in [0.05, 0.1) is 6.10 Å². The molecule has 2 aromatic carbocycles. The zero-order valence-corrected chi connectivity index (χ0v) is 22.8. The van der Waals surface area contributed by atoms with Gasteiger partial charge in [0.25, 0.3) is 0 Å². The number of aliphatic hydroxyl groups excluding tert-OH is 1. The third kappa shape index (κ3) is 7.14. The summed E-state index contributed by atoms with van der Waals surface area (Å²) >= 11 is 12.4. The van der Waals surface area contributed by atoms with Crippen LogP contribution in [0.25, 0.3) is 0 Å². The van der Waals surface area contributed by atoms with Gasteiger partial charge in [0.1, 0.15) is 5.82 Å². The van der Waals surface area contributed by atoms with Crippen molar-refractivity contribution in [3.63, 3.8) is 0 Å². The Hall–Kier alpha value is -2.38. The molecule has 1 aromatic heterocycles. The lowest BCUT2D eigenvalue weighted by Crippen LogP contribution is -2.33. The van der Waals surface area contributed by atoms with Crippen LogP contribution in [0.15, 0.2) is 48.7 Å². The minimum Gasteiger partial charge on any atom is -0.393 e. The monoisotopic (exact) mass is 539 g/mol. The standard InChI is InChI=1S/C29H35Cl2N5O/c1-19-3-2-4-25(13-19)34-29-32-17-27(28(35-29)33-24-5-7-26(37)8-6-24)21-9-11-36(12-10-21)18-20-14-22(30)16-23(31)15-20/h2-4,13-17,21,24,26,37H,5-12,18H2,1H3,(H2,32,33,34,35). The Morgan fingerprint density at radius 3 is 2.41 bits per heavy atom. The fourth-order valence-corrected chi connectivity index (χ4v) is 6.06. The van der Waals surface area contributed by atoms with Gasteiger partial charge in [0.2, 0.25) is 5.95 Å². The second-order valence-corrected chi connectivity index (χ2v) is 11.3. The van der Waals surface area contributed by atoms with E-state index in [2.05, 4.69) is 34.6 Å². The molecule has 8 heteroatoms. The van der Waals surface area contributed by atoms with Crippen LogP contribution in [0, 0.1) is 6.92 Å². The topological polar surface area (TPSA) is 73.3 Å². The highest BCUT2D eigenvalue weighted by molar-refractivity contribution is 6.34. The number of anilines is 3. The Balaban J connectivity index is 1.30. The molecule has 0 atom stereocenters. The summed E-state index contributed by atoms with van der Waals surface area (Å²) in [4.78, 5) is 12.1. The summed E-state index contributed by atoms with van der Waals surface area (Å²) in [7, 11) is 0. The SMILES string of the molecule is Cc1cccc(Nc2ncc(C3CCN(Cc4cc(Cl)cc(Cl)c4)CC3)c(NC3CCC(O)CC3)n2)c1. The Bertz CT molecular complexity index is 1190. The molecule has 1 aliphatic heterocycles. The van der Waals surface area contributed by atoms with Crippen LogP contribution < -0.4 is 10.6 Å². The number of hydrogen-bond donors (Lipinski definition) is 3.